The van der Waals surface area contributed by atoms with Crippen LogP contribution in [0.5, 0.6) is 0 Å². The molecule has 3 saturated heterocycles. The average Bonchev–Trinajstić information content (AvgIpc) is 2.70. The molecule has 10 heteroatoms. The summed E-state index contributed by atoms with van der Waals surface area (Å²) in [5, 5.41) is 16.9. The molecular formula is C19H37Cl3N4O3. The largest absolute Gasteiger partial charge is 0.479 e. The normalized spacial score (nSPS) is 24.3. The van der Waals surface area contributed by atoms with E-state index in [2.05, 4.69) is 10.6 Å². The lowest BCUT2D eigenvalue weighted by Crippen LogP contribution is -2.73. The van der Waals surface area contributed by atoms with Crippen molar-refractivity contribution in [2.75, 3.05) is 52.4 Å². The van der Waals surface area contributed by atoms with Gasteiger partial charge >= 0.3 is 5.97 Å². The number of hydrogen-bond acceptors (Lipinski definition) is 6. The molecule has 0 spiro atoms. The molecule has 0 aromatic heterocycles. The molecule has 0 amide bonds. The van der Waals surface area contributed by atoms with E-state index in [9.17, 15) is 14.7 Å². The summed E-state index contributed by atoms with van der Waals surface area (Å²) in [6.45, 7) is 8.06. The average molecular weight is 476 g/mol. The summed E-state index contributed by atoms with van der Waals surface area (Å²) in [4.78, 5) is 29.3. The van der Waals surface area contributed by atoms with E-state index < -0.39 is 11.6 Å². The van der Waals surface area contributed by atoms with Crippen molar-refractivity contribution in [1.82, 2.24) is 20.4 Å². The maximum absolute atomic E-state index is 13.0. The molecule has 3 fully saturated rings. The number of Topliss-reactive ketones (excluding diaryl/α,β-unsaturated/α-hetero) is 1. The molecule has 3 aliphatic heterocycles. The molecule has 0 saturated carbocycles. The number of likely N-dealkylation sites (tertiary alicyclic amines) is 1. The fourth-order valence-corrected chi connectivity index (χ4v) is 5.19. The highest BCUT2D eigenvalue weighted by molar-refractivity contribution is 6.07. The van der Waals surface area contributed by atoms with Crippen molar-refractivity contribution in [2.24, 2.45) is 11.8 Å². The Morgan fingerprint density at radius 2 is 1.28 bits per heavy atom. The molecule has 1 atom stereocenters. The molecule has 172 valence electrons. The molecule has 0 aliphatic carbocycles. The highest BCUT2D eigenvalue weighted by Gasteiger charge is 2.55. The summed E-state index contributed by atoms with van der Waals surface area (Å²) >= 11 is 0. The number of piperazine rings is 1. The van der Waals surface area contributed by atoms with Crippen LogP contribution in [0.1, 0.15) is 39.0 Å². The SMILES string of the molecule is CCC(=O)C(C(=O)O)(N1CCNCC1)N1CCC(C2CCNCC2)CC1.Cl.Cl.Cl. The Morgan fingerprint density at radius 1 is 0.828 bits per heavy atom. The van der Waals surface area contributed by atoms with Gasteiger partial charge in [0, 0.05) is 45.7 Å². The first-order valence-corrected chi connectivity index (χ1v) is 10.3. The third-order valence-electron chi connectivity index (χ3n) is 6.63. The molecule has 7 nitrogen and oxygen atoms in total. The van der Waals surface area contributed by atoms with Gasteiger partial charge in [0.1, 0.15) is 0 Å². The zero-order chi connectivity index (χ0) is 18.6. The quantitative estimate of drug-likeness (QED) is 0.503. The van der Waals surface area contributed by atoms with Gasteiger partial charge in [-0.3, -0.25) is 14.6 Å². The lowest BCUT2D eigenvalue weighted by atomic mass is 9.78. The standard InChI is InChI=1S/C19H34N4O3.3ClH/c1-2-17(24)19(18(25)26,23-13-9-21-10-14-23)22-11-5-16(6-12-22)15-3-7-20-8-4-15;;;/h15-16,20-21H,2-14H2,1H3,(H,25,26);3*1H. The van der Waals surface area contributed by atoms with Crippen LogP contribution in [0.2, 0.25) is 0 Å². The molecule has 3 heterocycles. The monoisotopic (exact) mass is 474 g/mol. The molecule has 3 aliphatic rings. The number of ketones is 1. The molecule has 3 rings (SSSR count). The van der Waals surface area contributed by atoms with Crippen molar-refractivity contribution < 1.29 is 14.7 Å². The van der Waals surface area contributed by atoms with Crippen LogP contribution in [0.15, 0.2) is 0 Å². The lowest BCUT2D eigenvalue weighted by molar-refractivity contribution is -0.178. The van der Waals surface area contributed by atoms with E-state index in [1.54, 1.807) is 6.92 Å². The van der Waals surface area contributed by atoms with Gasteiger partial charge in [-0.15, -0.1) is 37.2 Å². The minimum Gasteiger partial charge on any atom is -0.479 e. The van der Waals surface area contributed by atoms with Crippen molar-refractivity contribution in [3.8, 4) is 0 Å². The van der Waals surface area contributed by atoms with Gasteiger partial charge in [-0.25, -0.2) is 4.79 Å². The molecule has 0 aromatic rings. The van der Waals surface area contributed by atoms with Crippen LogP contribution in [-0.4, -0.2) is 84.7 Å². The number of piperidine rings is 2. The van der Waals surface area contributed by atoms with Crippen LogP contribution in [0.3, 0.4) is 0 Å². The van der Waals surface area contributed by atoms with Gasteiger partial charge in [0.05, 0.1) is 0 Å². The number of halogens is 3. The Balaban J connectivity index is 0.00000261. The number of aliphatic carboxylic acids is 1. The molecule has 0 aromatic carbocycles. The van der Waals surface area contributed by atoms with E-state index in [-0.39, 0.29) is 49.4 Å². The first-order chi connectivity index (χ1) is 12.6. The van der Waals surface area contributed by atoms with E-state index in [4.69, 9.17) is 0 Å². The minimum absolute atomic E-state index is 0. The van der Waals surface area contributed by atoms with Crippen LogP contribution in [-0.2, 0) is 9.59 Å². The summed E-state index contributed by atoms with van der Waals surface area (Å²) in [5.41, 5.74) is -1.48. The highest BCUT2D eigenvalue weighted by Crippen LogP contribution is 2.35. The second-order valence-electron chi connectivity index (χ2n) is 7.90. The van der Waals surface area contributed by atoms with E-state index in [0.717, 1.165) is 44.9 Å². The Morgan fingerprint density at radius 3 is 1.76 bits per heavy atom. The third kappa shape index (κ3) is 5.97. The van der Waals surface area contributed by atoms with Gasteiger partial charge < -0.3 is 15.7 Å². The van der Waals surface area contributed by atoms with Gasteiger partial charge in [-0.1, -0.05) is 6.92 Å². The zero-order valence-corrected chi connectivity index (χ0v) is 19.7. The number of rotatable bonds is 6. The Hall–Kier alpha value is -0.150. The van der Waals surface area contributed by atoms with Crippen molar-refractivity contribution in [3.63, 3.8) is 0 Å². The van der Waals surface area contributed by atoms with Crippen molar-refractivity contribution in [3.05, 3.63) is 0 Å². The molecule has 3 N–H and O–H groups in total. The van der Waals surface area contributed by atoms with Crippen LogP contribution < -0.4 is 10.6 Å². The second kappa shape index (κ2) is 13.3. The van der Waals surface area contributed by atoms with Gasteiger partial charge in [0.25, 0.3) is 0 Å². The number of carboxylic acids is 1. The van der Waals surface area contributed by atoms with Gasteiger partial charge in [-0.05, 0) is 50.6 Å². The Bertz CT molecular complexity index is 509. The number of carboxylic acid groups (broad SMARTS) is 1. The summed E-state index contributed by atoms with van der Waals surface area (Å²) in [7, 11) is 0. The maximum Gasteiger partial charge on any atom is 0.347 e. The summed E-state index contributed by atoms with van der Waals surface area (Å²) < 4.78 is 0. The lowest BCUT2D eigenvalue weighted by Gasteiger charge is -2.50. The molecule has 0 bridgehead atoms. The van der Waals surface area contributed by atoms with Crippen LogP contribution in [0, 0.1) is 11.8 Å². The predicted molar refractivity (Wildman–Crippen MR) is 122 cm³/mol. The summed E-state index contributed by atoms with van der Waals surface area (Å²) in [6, 6.07) is 0. The van der Waals surface area contributed by atoms with Crippen molar-refractivity contribution in [2.45, 2.75) is 44.7 Å². The number of carbonyl (C=O) groups excluding carboxylic acids is 1. The van der Waals surface area contributed by atoms with E-state index >= 15 is 0 Å². The zero-order valence-electron chi connectivity index (χ0n) is 17.2. The number of nitrogens with one attached hydrogen (secondary N) is 2. The maximum atomic E-state index is 13.0. The van der Waals surface area contributed by atoms with E-state index in [1.165, 1.54) is 12.8 Å². The predicted octanol–water partition coefficient (Wildman–Crippen LogP) is 1.63. The summed E-state index contributed by atoms with van der Waals surface area (Å²) in [6.07, 6.45) is 4.71. The van der Waals surface area contributed by atoms with Gasteiger partial charge in [0.2, 0.25) is 5.66 Å². The van der Waals surface area contributed by atoms with Crippen LogP contribution in [0.25, 0.3) is 0 Å². The smallest absolute Gasteiger partial charge is 0.347 e. The van der Waals surface area contributed by atoms with E-state index in [0.29, 0.717) is 32.1 Å². The van der Waals surface area contributed by atoms with Gasteiger partial charge in [0.15, 0.2) is 5.78 Å². The first-order valence-electron chi connectivity index (χ1n) is 10.3. The molecule has 29 heavy (non-hydrogen) atoms. The van der Waals surface area contributed by atoms with Crippen molar-refractivity contribution in [1.29, 1.82) is 0 Å². The highest BCUT2D eigenvalue weighted by atomic mass is 35.5. The van der Waals surface area contributed by atoms with Gasteiger partial charge in [-0.2, -0.15) is 0 Å². The first kappa shape index (κ1) is 28.9. The van der Waals surface area contributed by atoms with Crippen molar-refractivity contribution >= 4 is 49.0 Å². The van der Waals surface area contributed by atoms with Crippen LogP contribution >= 0.6 is 37.2 Å². The van der Waals surface area contributed by atoms with Crippen LogP contribution in [0.4, 0.5) is 0 Å². The molecule has 1 unspecified atom stereocenters. The summed E-state index contributed by atoms with van der Waals surface area (Å²) in [5.74, 6) is 0.247. The third-order valence-corrected chi connectivity index (χ3v) is 6.63. The number of hydrogen-bond donors (Lipinski definition) is 3. The fraction of sp³-hybridized carbons (Fsp3) is 0.895. The fourth-order valence-electron chi connectivity index (χ4n) is 5.19. The topological polar surface area (TPSA) is 84.9 Å². The minimum atomic E-state index is -1.48. The molecular weight excluding hydrogens is 439 g/mol. The number of carbonyl (C=O) groups is 2. The second-order valence-corrected chi connectivity index (χ2v) is 7.90. The Labute approximate surface area is 192 Å². The number of nitrogens with zero attached hydrogens (tertiary/aromatic N) is 2. The molecule has 0 radical (unpaired) electrons. The van der Waals surface area contributed by atoms with E-state index in [1.807, 2.05) is 9.80 Å². The Kier molecular flexibility index (Phi) is 13.2.